The lowest BCUT2D eigenvalue weighted by Gasteiger charge is -2.18. The molecular formula is C13H17NO3S. The van der Waals surface area contributed by atoms with Gasteiger partial charge in [-0.2, -0.15) is 0 Å². The van der Waals surface area contributed by atoms with E-state index in [1.807, 2.05) is 12.2 Å². The third kappa shape index (κ3) is 3.11. The molecule has 0 bridgehead atoms. The van der Waals surface area contributed by atoms with E-state index in [9.17, 15) is 8.42 Å². The first kappa shape index (κ1) is 13.1. The van der Waals surface area contributed by atoms with Gasteiger partial charge in [-0.05, 0) is 43.5 Å². The van der Waals surface area contributed by atoms with Gasteiger partial charge in [-0.25, -0.2) is 13.1 Å². The van der Waals surface area contributed by atoms with Crippen molar-refractivity contribution < 1.29 is 13.2 Å². The van der Waals surface area contributed by atoms with Crippen molar-refractivity contribution in [3.05, 3.63) is 36.4 Å². The zero-order valence-corrected chi connectivity index (χ0v) is 11.1. The predicted octanol–water partition coefficient (Wildman–Crippen LogP) is 2.08. The molecule has 0 fully saturated rings. The lowest BCUT2D eigenvalue weighted by molar-refractivity contribution is 0.414. The summed E-state index contributed by atoms with van der Waals surface area (Å²) in [4.78, 5) is 0.266. The Bertz CT molecular complexity index is 520. The van der Waals surface area contributed by atoms with Crippen LogP contribution in [0.3, 0.4) is 0 Å². The molecule has 1 N–H and O–H groups in total. The Kier molecular flexibility index (Phi) is 4.04. The number of hydrogen-bond acceptors (Lipinski definition) is 3. The molecule has 0 aromatic heterocycles. The van der Waals surface area contributed by atoms with E-state index < -0.39 is 10.0 Å². The molecule has 1 aromatic rings. The topological polar surface area (TPSA) is 55.4 Å². The van der Waals surface area contributed by atoms with Gasteiger partial charge in [0.15, 0.2) is 0 Å². The van der Waals surface area contributed by atoms with Crippen molar-refractivity contribution in [1.29, 1.82) is 0 Å². The van der Waals surface area contributed by atoms with Crippen LogP contribution in [0.15, 0.2) is 41.3 Å². The summed E-state index contributed by atoms with van der Waals surface area (Å²) < 4.78 is 31.9. The molecule has 5 heteroatoms. The molecule has 0 aliphatic heterocycles. The number of allylic oxidation sites excluding steroid dienone is 1. The average molecular weight is 267 g/mol. The van der Waals surface area contributed by atoms with E-state index in [1.165, 1.54) is 0 Å². The van der Waals surface area contributed by atoms with Gasteiger partial charge in [-0.1, -0.05) is 12.2 Å². The van der Waals surface area contributed by atoms with E-state index in [0.717, 1.165) is 19.3 Å². The number of methoxy groups -OCH3 is 1. The van der Waals surface area contributed by atoms with Gasteiger partial charge in [0.1, 0.15) is 5.75 Å². The SMILES string of the molecule is COc1ccc(S(=O)(=O)NC2C=CCCC2)cc1. The Morgan fingerprint density at radius 3 is 2.56 bits per heavy atom. The molecule has 1 aliphatic rings. The highest BCUT2D eigenvalue weighted by Crippen LogP contribution is 2.17. The number of benzene rings is 1. The molecule has 0 saturated heterocycles. The van der Waals surface area contributed by atoms with Gasteiger partial charge < -0.3 is 4.74 Å². The van der Waals surface area contributed by atoms with Gasteiger partial charge in [0, 0.05) is 6.04 Å². The molecule has 4 nitrogen and oxygen atoms in total. The zero-order valence-electron chi connectivity index (χ0n) is 10.3. The van der Waals surface area contributed by atoms with Gasteiger partial charge in [0.2, 0.25) is 10.0 Å². The molecule has 0 radical (unpaired) electrons. The maximum absolute atomic E-state index is 12.1. The maximum atomic E-state index is 12.1. The van der Waals surface area contributed by atoms with Crippen LogP contribution in [0, 0.1) is 0 Å². The van der Waals surface area contributed by atoms with Crippen molar-refractivity contribution in [2.75, 3.05) is 7.11 Å². The van der Waals surface area contributed by atoms with Gasteiger partial charge in [0.25, 0.3) is 0 Å². The van der Waals surface area contributed by atoms with Crippen LogP contribution in [-0.2, 0) is 10.0 Å². The molecule has 0 heterocycles. The minimum atomic E-state index is -3.44. The predicted molar refractivity (Wildman–Crippen MR) is 70.1 cm³/mol. The van der Waals surface area contributed by atoms with Gasteiger partial charge in [-0.3, -0.25) is 0 Å². The second kappa shape index (κ2) is 5.54. The average Bonchev–Trinajstić information content (AvgIpc) is 2.39. The Hall–Kier alpha value is -1.33. The second-order valence-corrected chi connectivity index (χ2v) is 5.98. The summed E-state index contributed by atoms with van der Waals surface area (Å²) in [7, 11) is -1.89. The molecule has 1 aliphatic carbocycles. The highest BCUT2D eigenvalue weighted by molar-refractivity contribution is 7.89. The summed E-state index contributed by atoms with van der Waals surface area (Å²) in [6, 6.07) is 6.30. The van der Waals surface area contributed by atoms with Crippen molar-refractivity contribution in [3.8, 4) is 5.75 Å². The second-order valence-electron chi connectivity index (χ2n) is 4.26. The van der Waals surface area contributed by atoms with E-state index in [0.29, 0.717) is 5.75 Å². The molecule has 0 amide bonds. The monoisotopic (exact) mass is 267 g/mol. The minimum Gasteiger partial charge on any atom is -0.497 e. The van der Waals surface area contributed by atoms with E-state index in [1.54, 1.807) is 31.4 Å². The first-order valence-electron chi connectivity index (χ1n) is 5.95. The smallest absolute Gasteiger partial charge is 0.241 e. The lowest BCUT2D eigenvalue weighted by atomic mass is 10.0. The lowest BCUT2D eigenvalue weighted by Crippen LogP contribution is -2.34. The Morgan fingerprint density at radius 1 is 1.28 bits per heavy atom. The molecule has 18 heavy (non-hydrogen) atoms. The van der Waals surface area contributed by atoms with Crippen LogP contribution in [0.5, 0.6) is 5.75 Å². The molecular weight excluding hydrogens is 250 g/mol. The molecule has 1 atom stereocenters. The summed E-state index contributed by atoms with van der Waals surface area (Å²) in [6.45, 7) is 0. The fourth-order valence-corrected chi connectivity index (χ4v) is 3.16. The molecule has 0 spiro atoms. The van der Waals surface area contributed by atoms with E-state index in [4.69, 9.17) is 4.74 Å². The number of nitrogens with one attached hydrogen (secondary N) is 1. The minimum absolute atomic E-state index is 0.0918. The normalized spacial score (nSPS) is 19.7. The van der Waals surface area contributed by atoms with E-state index in [2.05, 4.69) is 4.72 Å². The Balaban J connectivity index is 2.14. The summed E-state index contributed by atoms with van der Waals surface area (Å²) in [5, 5.41) is 0. The third-order valence-corrected chi connectivity index (χ3v) is 4.44. The van der Waals surface area contributed by atoms with Crippen LogP contribution in [0.4, 0.5) is 0 Å². The van der Waals surface area contributed by atoms with Crippen molar-refractivity contribution in [2.45, 2.75) is 30.2 Å². The number of rotatable bonds is 4. The van der Waals surface area contributed by atoms with Crippen LogP contribution in [0.2, 0.25) is 0 Å². The van der Waals surface area contributed by atoms with Gasteiger partial charge >= 0.3 is 0 Å². The van der Waals surface area contributed by atoms with Crippen LogP contribution in [-0.4, -0.2) is 21.6 Å². The highest BCUT2D eigenvalue weighted by Gasteiger charge is 2.19. The molecule has 1 unspecified atom stereocenters. The van der Waals surface area contributed by atoms with E-state index in [-0.39, 0.29) is 10.9 Å². The maximum Gasteiger partial charge on any atom is 0.241 e. The molecule has 98 valence electrons. The van der Waals surface area contributed by atoms with Crippen LogP contribution in [0.25, 0.3) is 0 Å². The summed E-state index contributed by atoms with van der Waals surface area (Å²) in [6.07, 6.45) is 6.84. The van der Waals surface area contributed by atoms with Crippen molar-refractivity contribution in [3.63, 3.8) is 0 Å². The summed E-state index contributed by atoms with van der Waals surface area (Å²) >= 11 is 0. The van der Waals surface area contributed by atoms with Crippen LogP contribution >= 0.6 is 0 Å². The van der Waals surface area contributed by atoms with Gasteiger partial charge in [0.05, 0.1) is 12.0 Å². The van der Waals surface area contributed by atoms with Crippen LogP contribution in [0.1, 0.15) is 19.3 Å². The number of hydrogen-bond donors (Lipinski definition) is 1. The first-order valence-corrected chi connectivity index (χ1v) is 7.43. The highest BCUT2D eigenvalue weighted by atomic mass is 32.2. The first-order chi connectivity index (χ1) is 8.62. The molecule has 2 rings (SSSR count). The Labute approximate surface area is 108 Å². The van der Waals surface area contributed by atoms with Crippen molar-refractivity contribution in [1.82, 2.24) is 4.72 Å². The third-order valence-electron chi connectivity index (χ3n) is 2.93. The fourth-order valence-electron chi connectivity index (χ4n) is 1.93. The quantitative estimate of drug-likeness (QED) is 0.850. The standard InChI is InChI=1S/C13H17NO3S/c1-17-12-7-9-13(10-8-12)18(15,16)14-11-5-3-2-4-6-11/h3,5,7-11,14H,2,4,6H2,1H3. The van der Waals surface area contributed by atoms with Gasteiger partial charge in [-0.15, -0.1) is 0 Å². The molecule has 0 saturated carbocycles. The largest absolute Gasteiger partial charge is 0.497 e. The van der Waals surface area contributed by atoms with Crippen molar-refractivity contribution >= 4 is 10.0 Å². The molecule has 1 aromatic carbocycles. The summed E-state index contributed by atoms with van der Waals surface area (Å²) in [5.41, 5.74) is 0. The number of sulfonamides is 1. The van der Waals surface area contributed by atoms with Crippen molar-refractivity contribution in [2.24, 2.45) is 0 Å². The fraction of sp³-hybridized carbons (Fsp3) is 0.385. The zero-order chi connectivity index (χ0) is 13.0. The Morgan fingerprint density at radius 2 is 2.00 bits per heavy atom. The number of ether oxygens (including phenoxy) is 1. The van der Waals surface area contributed by atoms with Crippen LogP contribution < -0.4 is 9.46 Å². The summed E-state index contributed by atoms with van der Waals surface area (Å²) in [5.74, 6) is 0.645. The van der Waals surface area contributed by atoms with E-state index >= 15 is 0 Å².